The molecule has 9 heteroatoms. The van der Waals surface area contributed by atoms with Gasteiger partial charge >= 0.3 is 0 Å². The van der Waals surface area contributed by atoms with E-state index < -0.39 is 10.0 Å². The van der Waals surface area contributed by atoms with Crippen LogP contribution in [-0.2, 0) is 14.8 Å². The first-order chi connectivity index (χ1) is 15.7. The molecule has 0 bridgehead atoms. The number of hydrogen-bond acceptors (Lipinski definition) is 5. The Labute approximate surface area is 202 Å². The molecule has 0 saturated carbocycles. The highest BCUT2D eigenvalue weighted by molar-refractivity contribution is 9.10. The summed E-state index contributed by atoms with van der Waals surface area (Å²) in [5.74, 6) is 0.276. The van der Waals surface area contributed by atoms with Crippen LogP contribution in [-0.4, -0.2) is 34.6 Å². The number of anilines is 2. The lowest BCUT2D eigenvalue weighted by molar-refractivity contribution is 0.102. The number of aryl methyl sites for hydroxylation is 2. The van der Waals surface area contributed by atoms with Crippen molar-refractivity contribution in [2.24, 2.45) is 0 Å². The number of sulfonamides is 1. The molecule has 33 heavy (non-hydrogen) atoms. The van der Waals surface area contributed by atoms with Crippen molar-refractivity contribution in [2.45, 2.75) is 18.7 Å². The van der Waals surface area contributed by atoms with Gasteiger partial charge in [0.05, 0.1) is 16.0 Å². The standard InChI is InChI=1S/C24H25BrN2O5S/c1-16-12-17(2)14-20(13-16)27-33(29,30)21-7-5-19(6-8-21)26-24(28)18-4-9-23(22(25)15-18)32-11-10-31-3/h4-9,12-15,27H,10-11H2,1-3H3,(H,26,28). The van der Waals surface area contributed by atoms with Crippen molar-refractivity contribution in [1.29, 1.82) is 0 Å². The first kappa shape index (κ1) is 24.8. The van der Waals surface area contributed by atoms with E-state index in [0.29, 0.717) is 40.4 Å². The second-order valence-electron chi connectivity index (χ2n) is 7.45. The zero-order chi connectivity index (χ0) is 24.0. The van der Waals surface area contributed by atoms with Crippen LogP contribution in [0.5, 0.6) is 5.75 Å². The Morgan fingerprint density at radius 3 is 2.18 bits per heavy atom. The molecule has 0 aliphatic carbocycles. The van der Waals surface area contributed by atoms with E-state index >= 15 is 0 Å². The van der Waals surface area contributed by atoms with Crippen LogP contribution in [0, 0.1) is 13.8 Å². The summed E-state index contributed by atoms with van der Waals surface area (Å²) in [5, 5.41) is 2.76. The Morgan fingerprint density at radius 1 is 0.909 bits per heavy atom. The lowest BCUT2D eigenvalue weighted by atomic mass is 10.1. The predicted molar refractivity (Wildman–Crippen MR) is 133 cm³/mol. The van der Waals surface area contributed by atoms with Crippen LogP contribution in [0.4, 0.5) is 11.4 Å². The molecule has 0 aromatic heterocycles. The zero-order valence-electron chi connectivity index (χ0n) is 18.5. The maximum Gasteiger partial charge on any atom is 0.261 e. The van der Waals surface area contributed by atoms with Gasteiger partial charge in [-0.2, -0.15) is 0 Å². The van der Waals surface area contributed by atoms with Gasteiger partial charge < -0.3 is 14.8 Å². The van der Waals surface area contributed by atoms with Gasteiger partial charge in [0.2, 0.25) is 0 Å². The fourth-order valence-corrected chi connectivity index (χ4v) is 4.70. The van der Waals surface area contributed by atoms with E-state index in [2.05, 4.69) is 26.0 Å². The number of benzene rings is 3. The molecule has 7 nitrogen and oxygen atoms in total. The Hall–Kier alpha value is -2.88. The van der Waals surface area contributed by atoms with Crippen molar-refractivity contribution in [2.75, 3.05) is 30.4 Å². The average Bonchev–Trinajstić information content (AvgIpc) is 2.74. The molecule has 3 aromatic carbocycles. The van der Waals surface area contributed by atoms with E-state index in [9.17, 15) is 13.2 Å². The largest absolute Gasteiger partial charge is 0.490 e. The summed E-state index contributed by atoms with van der Waals surface area (Å²) in [6.45, 7) is 4.67. The smallest absolute Gasteiger partial charge is 0.261 e. The summed E-state index contributed by atoms with van der Waals surface area (Å²) in [7, 11) is -2.16. The van der Waals surface area contributed by atoms with E-state index in [1.807, 2.05) is 19.9 Å². The molecule has 0 heterocycles. The maximum absolute atomic E-state index is 12.7. The summed E-state index contributed by atoms with van der Waals surface area (Å²) in [4.78, 5) is 12.7. The van der Waals surface area contributed by atoms with E-state index in [-0.39, 0.29) is 10.8 Å². The van der Waals surface area contributed by atoms with Crippen LogP contribution >= 0.6 is 15.9 Å². The maximum atomic E-state index is 12.7. The van der Waals surface area contributed by atoms with Crippen molar-refractivity contribution in [3.8, 4) is 5.75 Å². The molecule has 0 fully saturated rings. The number of rotatable bonds is 9. The van der Waals surface area contributed by atoms with Gasteiger partial charge in [0, 0.05) is 24.0 Å². The van der Waals surface area contributed by atoms with Crippen molar-refractivity contribution in [3.05, 3.63) is 81.8 Å². The van der Waals surface area contributed by atoms with Crippen molar-refractivity contribution in [1.82, 2.24) is 0 Å². The highest BCUT2D eigenvalue weighted by atomic mass is 79.9. The Kier molecular flexibility index (Phi) is 8.12. The summed E-state index contributed by atoms with van der Waals surface area (Å²) in [6.07, 6.45) is 0. The molecule has 0 spiro atoms. The monoisotopic (exact) mass is 532 g/mol. The third-order valence-corrected chi connectivity index (χ3v) is 6.65. The van der Waals surface area contributed by atoms with E-state index in [4.69, 9.17) is 9.47 Å². The van der Waals surface area contributed by atoms with Crippen LogP contribution in [0.15, 0.2) is 70.0 Å². The SMILES string of the molecule is COCCOc1ccc(C(=O)Nc2ccc(S(=O)(=O)Nc3cc(C)cc(C)c3)cc2)cc1Br. The second kappa shape index (κ2) is 10.8. The van der Waals surface area contributed by atoms with Crippen LogP contribution in [0.2, 0.25) is 0 Å². The molecular formula is C24H25BrN2O5S. The second-order valence-corrected chi connectivity index (χ2v) is 9.98. The van der Waals surface area contributed by atoms with Crippen LogP contribution in [0.1, 0.15) is 21.5 Å². The van der Waals surface area contributed by atoms with Gasteiger partial charge in [0.25, 0.3) is 15.9 Å². The summed E-state index contributed by atoms with van der Waals surface area (Å²) < 4.78 is 39.2. The van der Waals surface area contributed by atoms with Crippen LogP contribution in [0.3, 0.4) is 0 Å². The molecule has 3 aromatic rings. The zero-order valence-corrected chi connectivity index (χ0v) is 20.9. The minimum absolute atomic E-state index is 0.0972. The number of carbonyl (C=O) groups is 1. The summed E-state index contributed by atoms with van der Waals surface area (Å²) >= 11 is 3.40. The molecule has 1 amide bonds. The van der Waals surface area contributed by atoms with Crippen LogP contribution < -0.4 is 14.8 Å². The molecule has 0 aliphatic heterocycles. The molecule has 0 saturated heterocycles. The molecule has 0 unspecified atom stereocenters. The molecule has 2 N–H and O–H groups in total. The van der Waals surface area contributed by atoms with Crippen molar-refractivity contribution >= 4 is 43.2 Å². The molecular weight excluding hydrogens is 508 g/mol. The topological polar surface area (TPSA) is 93.7 Å². The normalized spacial score (nSPS) is 11.2. The Balaban J connectivity index is 1.67. The van der Waals surface area contributed by atoms with Crippen molar-refractivity contribution < 1.29 is 22.7 Å². The third-order valence-electron chi connectivity index (χ3n) is 4.64. The molecule has 0 radical (unpaired) electrons. The predicted octanol–water partition coefficient (Wildman–Crippen LogP) is 5.14. The number of carbonyl (C=O) groups excluding carboxylic acids is 1. The van der Waals surface area contributed by atoms with Gasteiger partial charge in [-0.1, -0.05) is 6.07 Å². The number of methoxy groups -OCH3 is 1. The molecule has 0 aliphatic rings. The molecule has 174 valence electrons. The number of ether oxygens (including phenoxy) is 2. The first-order valence-corrected chi connectivity index (χ1v) is 12.4. The van der Waals surface area contributed by atoms with E-state index in [0.717, 1.165) is 11.1 Å². The lowest BCUT2D eigenvalue weighted by Crippen LogP contribution is -2.14. The number of amides is 1. The highest BCUT2D eigenvalue weighted by Gasteiger charge is 2.15. The van der Waals surface area contributed by atoms with E-state index in [1.54, 1.807) is 49.6 Å². The van der Waals surface area contributed by atoms with Gasteiger partial charge in [-0.05, 0) is 95.5 Å². The highest BCUT2D eigenvalue weighted by Crippen LogP contribution is 2.27. The quantitative estimate of drug-likeness (QED) is 0.372. The van der Waals surface area contributed by atoms with Gasteiger partial charge in [-0.25, -0.2) is 8.42 Å². The minimum Gasteiger partial charge on any atom is -0.490 e. The van der Waals surface area contributed by atoms with Gasteiger partial charge in [-0.15, -0.1) is 0 Å². The number of hydrogen-bond donors (Lipinski definition) is 2. The Morgan fingerprint density at radius 2 is 1.58 bits per heavy atom. The minimum atomic E-state index is -3.76. The van der Waals surface area contributed by atoms with Crippen molar-refractivity contribution in [3.63, 3.8) is 0 Å². The summed E-state index contributed by atoms with van der Waals surface area (Å²) in [6, 6.07) is 16.5. The van der Waals surface area contributed by atoms with Gasteiger partial charge in [0.15, 0.2) is 0 Å². The van der Waals surface area contributed by atoms with Gasteiger partial charge in [-0.3, -0.25) is 9.52 Å². The average molecular weight is 533 g/mol. The molecule has 0 atom stereocenters. The van der Waals surface area contributed by atoms with Gasteiger partial charge in [0.1, 0.15) is 12.4 Å². The first-order valence-electron chi connectivity index (χ1n) is 10.1. The number of halogens is 1. The van der Waals surface area contributed by atoms with E-state index in [1.165, 1.54) is 12.1 Å². The number of nitrogens with one attached hydrogen (secondary N) is 2. The Bertz CT molecular complexity index is 1220. The van der Waals surface area contributed by atoms with Crippen LogP contribution in [0.25, 0.3) is 0 Å². The fraction of sp³-hybridized carbons (Fsp3) is 0.208. The fourth-order valence-electron chi connectivity index (χ4n) is 3.16. The third kappa shape index (κ3) is 6.80. The molecule has 3 rings (SSSR count). The lowest BCUT2D eigenvalue weighted by Gasteiger charge is -2.11. The summed E-state index contributed by atoms with van der Waals surface area (Å²) in [5.41, 5.74) is 3.33.